The molecule has 0 heterocycles. The minimum atomic E-state index is -0.315. The second-order valence-electron chi connectivity index (χ2n) is 5.80. The number of amides is 1. The van der Waals surface area contributed by atoms with Crippen molar-refractivity contribution in [1.29, 1.82) is 0 Å². The fraction of sp³-hybridized carbons (Fsp3) is 0.579. The molecule has 0 aliphatic carbocycles. The van der Waals surface area contributed by atoms with Gasteiger partial charge in [0.2, 0.25) is 5.91 Å². The van der Waals surface area contributed by atoms with E-state index in [9.17, 15) is 14.0 Å². The Labute approximate surface area is 144 Å². The number of nitrogens with zero attached hydrogens (tertiary/aromatic N) is 1. The standard InChI is InChI=1S/C19H28FNO3/c1-3-5-6-7-13-21(14-12-19(23)24-4-2)18(22)15-16-8-10-17(20)11-9-16/h8-11H,3-7,12-15H2,1-2H3. The van der Waals surface area contributed by atoms with Gasteiger partial charge in [-0.1, -0.05) is 38.3 Å². The third-order valence-electron chi connectivity index (χ3n) is 3.79. The van der Waals surface area contributed by atoms with Gasteiger partial charge in [0.05, 0.1) is 19.4 Å². The molecule has 0 saturated heterocycles. The van der Waals surface area contributed by atoms with E-state index in [0.717, 1.165) is 31.2 Å². The summed E-state index contributed by atoms with van der Waals surface area (Å²) >= 11 is 0. The lowest BCUT2D eigenvalue weighted by molar-refractivity contribution is -0.144. The van der Waals surface area contributed by atoms with E-state index >= 15 is 0 Å². The molecule has 0 radical (unpaired) electrons. The maximum Gasteiger partial charge on any atom is 0.307 e. The van der Waals surface area contributed by atoms with E-state index in [1.54, 1.807) is 24.0 Å². The molecule has 134 valence electrons. The molecule has 0 aliphatic heterocycles. The number of hydrogen-bond donors (Lipinski definition) is 0. The van der Waals surface area contributed by atoms with Gasteiger partial charge in [-0.2, -0.15) is 0 Å². The highest BCUT2D eigenvalue weighted by Gasteiger charge is 2.15. The Bertz CT molecular complexity index is 502. The van der Waals surface area contributed by atoms with Crippen LogP contribution in [0.2, 0.25) is 0 Å². The highest BCUT2D eigenvalue weighted by atomic mass is 19.1. The van der Waals surface area contributed by atoms with Gasteiger partial charge in [0.1, 0.15) is 5.82 Å². The monoisotopic (exact) mass is 337 g/mol. The number of unbranched alkanes of at least 4 members (excludes halogenated alkanes) is 3. The van der Waals surface area contributed by atoms with Crippen molar-refractivity contribution in [3.63, 3.8) is 0 Å². The summed E-state index contributed by atoms with van der Waals surface area (Å²) in [5.74, 6) is -0.641. The zero-order valence-corrected chi connectivity index (χ0v) is 14.7. The number of hydrogen-bond acceptors (Lipinski definition) is 3. The Kier molecular flexibility index (Phi) is 9.73. The largest absolute Gasteiger partial charge is 0.466 e. The van der Waals surface area contributed by atoms with Crippen LogP contribution in [0, 0.1) is 5.82 Å². The van der Waals surface area contributed by atoms with Gasteiger partial charge in [-0.05, 0) is 31.0 Å². The average molecular weight is 337 g/mol. The van der Waals surface area contributed by atoms with Crippen LogP contribution in [0.4, 0.5) is 4.39 Å². The van der Waals surface area contributed by atoms with Crippen LogP contribution in [0.1, 0.15) is 51.5 Å². The molecule has 1 aromatic carbocycles. The summed E-state index contributed by atoms with van der Waals surface area (Å²) in [6.07, 6.45) is 4.68. The highest BCUT2D eigenvalue weighted by Crippen LogP contribution is 2.08. The number of esters is 1. The van der Waals surface area contributed by atoms with Crippen LogP contribution < -0.4 is 0 Å². The molecule has 24 heavy (non-hydrogen) atoms. The summed E-state index contributed by atoms with van der Waals surface area (Å²) in [7, 11) is 0. The van der Waals surface area contributed by atoms with Gasteiger partial charge in [-0.15, -0.1) is 0 Å². The zero-order chi connectivity index (χ0) is 17.8. The van der Waals surface area contributed by atoms with E-state index in [4.69, 9.17) is 4.74 Å². The number of ether oxygens (including phenoxy) is 1. The summed E-state index contributed by atoms with van der Waals surface area (Å²) in [5, 5.41) is 0. The molecule has 0 N–H and O–H groups in total. The van der Waals surface area contributed by atoms with E-state index in [-0.39, 0.29) is 30.5 Å². The maximum atomic E-state index is 13.0. The smallest absolute Gasteiger partial charge is 0.307 e. The van der Waals surface area contributed by atoms with Crippen LogP contribution >= 0.6 is 0 Å². The fourth-order valence-electron chi connectivity index (χ4n) is 2.44. The first kappa shape index (κ1) is 20.1. The molecule has 0 spiro atoms. The predicted molar refractivity (Wildman–Crippen MR) is 92.1 cm³/mol. The topological polar surface area (TPSA) is 46.6 Å². The SMILES string of the molecule is CCCCCCN(CCC(=O)OCC)C(=O)Cc1ccc(F)cc1. The van der Waals surface area contributed by atoms with Crippen molar-refractivity contribution >= 4 is 11.9 Å². The normalized spacial score (nSPS) is 10.5. The second kappa shape index (κ2) is 11.6. The fourth-order valence-corrected chi connectivity index (χ4v) is 2.44. The molecule has 1 rings (SSSR count). The van der Waals surface area contributed by atoms with E-state index in [2.05, 4.69) is 6.92 Å². The van der Waals surface area contributed by atoms with Crippen molar-refractivity contribution in [2.24, 2.45) is 0 Å². The lowest BCUT2D eigenvalue weighted by atomic mass is 10.1. The van der Waals surface area contributed by atoms with Crippen LogP contribution in [0.25, 0.3) is 0 Å². The van der Waals surface area contributed by atoms with Crippen molar-refractivity contribution in [3.05, 3.63) is 35.6 Å². The minimum absolute atomic E-state index is 0.0394. The van der Waals surface area contributed by atoms with Crippen molar-refractivity contribution < 1.29 is 18.7 Å². The van der Waals surface area contributed by atoms with Gasteiger partial charge in [0, 0.05) is 13.1 Å². The average Bonchev–Trinajstić information content (AvgIpc) is 2.56. The summed E-state index contributed by atoms with van der Waals surface area (Å²) < 4.78 is 17.9. The number of benzene rings is 1. The van der Waals surface area contributed by atoms with Gasteiger partial charge in [0.25, 0.3) is 0 Å². The molecule has 0 unspecified atom stereocenters. The third-order valence-corrected chi connectivity index (χ3v) is 3.79. The van der Waals surface area contributed by atoms with E-state index in [0.29, 0.717) is 19.7 Å². The molecular weight excluding hydrogens is 309 g/mol. The van der Waals surface area contributed by atoms with Crippen LogP contribution in [0.3, 0.4) is 0 Å². The minimum Gasteiger partial charge on any atom is -0.466 e. The first-order chi connectivity index (χ1) is 11.6. The molecule has 0 saturated carbocycles. The molecule has 0 aromatic heterocycles. The second-order valence-corrected chi connectivity index (χ2v) is 5.80. The Balaban J connectivity index is 2.58. The van der Waals surface area contributed by atoms with Gasteiger partial charge in [0.15, 0.2) is 0 Å². The lowest BCUT2D eigenvalue weighted by Gasteiger charge is -2.22. The third kappa shape index (κ3) is 8.09. The summed E-state index contributed by atoms with van der Waals surface area (Å²) in [4.78, 5) is 25.8. The molecule has 4 nitrogen and oxygen atoms in total. The van der Waals surface area contributed by atoms with E-state index in [1.807, 2.05) is 0 Å². The zero-order valence-electron chi connectivity index (χ0n) is 14.7. The number of rotatable bonds is 11. The van der Waals surface area contributed by atoms with Crippen molar-refractivity contribution in [1.82, 2.24) is 4.90 Å². The Morgan fingerprint density at radius 1 is 1.04 bits per heavy atom. The van der Waals surface area contributed by atoms with Gasteiger partial charge in [-0.25, -0.2) is 4.39 Å². The quantitative estimate of drug-likeness (QED) is 0.456. The van der Waals surface area contributed by atoms with E-state index in [1.165, 1.54) is 12.1 Å². The van der Waals surface area contributed by atoms with Crippen molar-refractivity contribution in [2.45, 2.75) is 52.4 Å². The maximum absolute atomic E-state index is 13.0. The molecule has 5 heteroatoms. The highest BCUT2D eigenvalue weighted by molar-refractivity contribution is 5.79. The molecule has 0 atom stereocenters. The van der Waals surface area contributed by atoms with Gasteiger partial charge < -0.3 is 9.64 Å². The van der Waals surface area contributed by atoms with Gasteiger partial charge >= 0.3 is 5.97 Å². The number of carbonyl (C=O) groups is 2. The Hall–Kier alpha value is -1.91. The first-order valence-corrected chi connectivity index (χ1v) is 8.74. The number of carbonyl (C=O) groups excluding carboxylic acids is 2. The Morgan fingerprint density at radius 2 is 1.75 bits per heavy atom. The first-order valence-electron chi connectivity index (χ1n) is 8.74. The van der Waals surface area contributed by atoms with Crippen molar-refractivity contribution in [2.75, 3.05) is 19.7 Å². The lowest BCUT2D eigenvalue weighted by Crippen LogP contribution is -2.35. The summed E-state index contributed by atoms with van der Waals surface area (Å²) in [6, 6.07) is 5.95. The van der Waals surface area contributed by atoms with Crippen LogP contribution in [-0.4, -0.2) is 36.5 Å². The van der Waals surface area contributed by atoms with Gasteiger partial charge in [-0.3, -0.25) is 9.59 Å². The molecule has 1 amide bonds. The van der Waals surface area contributed by atoms with Crippen LogP contribution in [0.15, 0.2) is 24.3 Å². The molecule has 0 fully saturated rings. The Morgan fingerprint density at radius 3 is 2.38 bits per heavy atom. The number of halogens is 1. The molecule has 1 aromatic rings. The molecular formula is C19H28FNO3. The molecule has 0 aliphatic rings. The predicted octanol–water partition coefficient (Wildman–Crippen LogP) is 3.73. The van der Waals surface area contributed by atoms with Crippen LogP contribution in [-0.2, 0) is 20.7 Å². The molecule has 0 bridgehead atoms. The summed E-state index contributed by atoms with van der Waals surface area (Å²) in [5.41, 5.74) is 0.774. The van der Waals surface area contributed by atoms with E-state index < -0.39 is 0 Å². The summed E-state index contributed by atoms with van der Waals surface area (Å²) in [6.45, 7) is 5.25. The van der Waals surface area contributed by atoms with Crippen LogP contribution in [0.5, 0.6) is 0 Å². The van der Waals surface area contributed by atoms with Crippen molar-refractivity contribution in [3.8, 4) is 0 Å².